The first-order valence-corrected chi connectivity index (χ1v) is 5.70. The van der Waals surface area contributed by atoms with Crippen LogP contribution >= 0.6 is 11.6 Å². The molecule has 1 aromatic carbocycles. The van der Waals surface area contributed by atoms with Crippen LogP contribution in [0.2, 0.25) is 5.28 Å². The molecular formula is C11H5ClF3N5. The molecule has 102 valence electrons. The van der Waals surface area contributed by atoms with Crippen molar-refractivity contribution in [1.29, 1.82) is 0 Å². The zero-order chi connectivity index (χ0) is 14.3. The van der Waals surface area contributed by atoms with E-state index in [0.717, 1.165) is 6.07 Å². The lowest BCUT2D eigenvalue weighted by atomic mass is 10.2. The quantitative estimate of drug-likeness (QED) is 0.563. The largest absolute Gasteiger partial charge is 0.340 e. The smallest absolute Gasteiger partial charge is 0.226 e. The number of anilines is 2. The third-order valence-electron chi connectivity index (χ3n) is 2.50. The number of hydrogen-bond acceptors (Lipinski definition) is 4. The number of aromatic amines is 1. The fourth-order valence-electron chi connectivity index (χ4n) is 1.67. The molecule has 0 aliphatic carbocycles. The third-order valence-corrected chi connectivity index (χ3v) is 2.67. The number of nitrogens with one attached hydrogen (secondary N) is 2. The van der Waals surface area contributed by atoms with Gasteiger partial charge in [-0.05, 0) is 11.6 Å². The Morgan fingerprint density at radius 2 is 1.95 bits per heavy atom. The number of imidazole rings is 1. The molecule has 0 saturated heterocycles. The third kappa shape index (κ3) is 2.14. The highest BCUT2D eigenvalue weighted by atomic mass is 35.5. The normalized spacial score (nSPS) is 11.0. The van der Waals surface area contributed by atoms with Gasteiger partial charge in [0, 0.05) is 12.1 Å². The van der Waals surface area contributed by atoms with Crippen LogP contribution in [0.15, 0.2) is 18.5 Å². The van der Waals surface area contributed by atoms with E-state index < -0.39 is 23.1 Å². The van der Waals surface area contributed by atoms with E-state index in [9.17, 15) is 13.2 Å². The SMILES string of the molecule is Fc1cc(F)c(F)c(Nc2nc(Cl)nc3nc[nH]c23)c1. The van der Waals surface area contributed by atoms with E-state index in [2.05, 4.69) is 25.3 Å². The Morgan fingerprint density at radius 1 is 1.15 bits per heavy atom. The van der Waals surface area contributed by atoms with Gasteiger partial charge in [0.15, 0.2) is 23.1 Å². The molecule has 0 aliphatic rings. The molecular weight excluding hydrogens is 295 g/mol. The van der Waals surface area contributed by atoms with Gasteiger partial charge in [-0.3, -0.25) is 0 Å². The molecule has 2 heterocycles. The molecule has 0 spiro atoms. The van der Waals surface area contributed by atoms with E-state index >= 15 is 0 Å². The van der Waals surface area contributed by atoms with Crippen molar-refractivity contribution < 1.29 is 13.2 Å². The summed E-state index contributed by atoms with van der Waals surface area (Å²) in [6.07, 6.45) is 1.34. The maximum Gasteiger partial charge on any atom is 0.226 e. The monoisotopic (exact) mass is 299 g/mol. The van der Waals surface area contributed by atoms with Gasteiger partial charge in [-0.2, -0.15) is 9.97 Å². The summed E-state index contributed by atoms with van der Waals surface area (Å²) in [7, 11) is 0. The molecule has 20 heavy (non-hydrogen) atoms. The van der Waals surface area contributed by atoms with E-state index in [1.165, 1.54) is 6.33 Å². The lowest BCUT2D eigenvalue weighted by Gasteiger charge is -2.08. The standard InChI is InChI=1S/C11H5ClF3N5/c12-11-19-9-8(16-3-17-9)10(20-11)18-6-2-4(13)1-5(14)7(6)15/h1-3H,(H2,16,17,18,19,20). The second-order valence-electron chi connectivity index (χ2n) is 3.82. The topological polar surface area (TPSA) is 66.5 Å². The summed E-state index contributed by atoms with van der Waals surface area (Å²) in [5.74, 6) is -3.41. The van der Waals surface area contributed by atoms with Gasteiger partial charge in [-0.25, -0.2) is 18.2 Å². The molecule has 3 rings (SSSR count). The predicted molar refractivity (Wildman–Crippen MR) is 66.3 cm³/mol. The first-order valence-electron chi connectivity index (χ1n) is 5.33. The van der Waals surface area contributed by atoms with Crippen molar-refractivity contribution in [2.75, 3.05) is 5.32 Å². The van der Waals surface area contributed by atoms with Crippen LogP contribution in [-0.2, 0) is 0 Å². The molecule has 2 N–H and O–H groups in total. The van der Waals surface area contributed by atoms with Crippen LogP contribution in [0.25, 0.3) is 11.2 Å². The Balaban J connectivity index is 2.12. The Morgan fingerprint density at radius 3 is 2.75 bits per heavy atom. The van der Waals surface area contributed by atoms with Crippen molar-refractivity contribution >= 4 is 34.3 Å². The first-order chi connectivity index (χ1) is 9.54. The Hall–Kier alpha value is -2.35. The van der Waals surface area contributed by atoms with Gasteiger partial charge in [0.05, 0.1) is 12.0 Å². The van der Waals surface area contributed by atoms with E-state index in [4.69, 9.17) is 11.6 Å². The van der Waals surface area contributed by atoms with Gasteiger partial charge in [-0.15, -0.1) is 0 Å². The molecule has 0 unspecified atom stereocenters. The number of halogens is 4. The first kappa shape index (κ1) is 12.7. The van der Waals surface area contributed by atoms with Crippen molar-refractivity contribution in [1.82, 2.24) is 19.9 Å². The minimum atomic E-state index is -1.31. The molecule has 9 heteroatoms. The molecule has 5 nitrogen and oxygen atoms in total. The summed E-state index contributed by atoms with van der Waals surface area (Å²) in [6, 6.07) is 1.25. The molecule has 0 fully saturated rings. The Labute approximate surface area is 114 Å². The highest BCUT2D eigenvalue weighted by Crippen LogP contribution is 2.26. The lowest BCUT2D eigenvalue weighted by molar-refractivity contribution is 0.498. The van der Waals surface area contributed by atoms with E-state index in [1.807, 2.05) is 0 Å². The Bertz CT molecular complexity index is 804. The second kappa shape index (κ2) is 4.64. The molecule has 2 aromatic heterocycles. The van der Waals surface area contributed by atoms with E-state index in [0.29, 0.717) is 11.6 Å². The summed E-state index contributed by atoms with van der Waals surface area (Å²) < 4.78 is 39.8. The molecule has 0 atom stereocenters. The molecule has 0 amide bonds. The number of H-pyrrole nitrogens is 1. The predicted octanol–water partition coefficient (Wildman–Crippen LogP) is 3.17. The molecule has 0 saturated carbocycles. The highest BCUT2D eigenvalue weighted by Gasteiger charge is 2.15. The Kier molecular flexibility index (Phi) is 2.94. The molecule has 3 aromatic rings. The number of benzene rings is 1. The van der Waals surface area contributed by atoms with Gasteiger partial charge in [-0.1, -0.05) is 0 Å². The molecule has 0 bridgehead atoms. The average Bonchev–Trinajstić information content (AvgIpc) is 2.83. The minimum Gasteiger partial charge on any atom is -0.340 e. The molecule has 0 aliphatic heterocycles. The van der Waals surface area contributed by atoms with E-state index in [1.54, 1.807) is 0 Å². The van der Waals surface area contributed by atoms with Gasteiger partial charge < -0.3 is 10.3 Å². The summed E-state index contributed by atoms with van der Waals surface area (Å²) in [6.45, 7) is 0. The van der Waals surface area contributed by atoms with Gasteiger partial charge >= 0.3 is 0 Å². The maximum absolute atomic E-state index is 13.6. The van der Waals surface area contributed by atoms with Crippen molar-refractivity contribution in [2.45, 2.75) is 0 Å². The highest BCUT2D eigenvalue weighted by molar-refractivity contribution is 6.28. The number of hydrogen-bond donors (Lipinski definition) is 2. The summed E-state index contributed by atoms with van der Waals surface area (Å²) in [4.78, 5) is 14.2. The number of fused-ring (bicyclic) bond motifs is 1. The zero-order valence-electron chi connectivity index (χ0n) is 9.59. The van der Waals surface area contributed by atoms with Crippen molar-refractivity contribution in [3.63, 3.8) is 0 Å². The number of nitrogens with zero attached hydrogens (tertiary/aromatic N) is 3. The average molecular weight is 300 g/mol. The van der Waals surface area contributed by atoms with Gasteiger partial charge in [0.1, 0.15) is 11.3 Å². The fraction of sp³-hybridized carbons (Fsp3) is 0. The van der Waals surface area contributed by atoms with Crippen LogP contribution in [0.1, 0.15) is 0 Å². The van der Waals surface area contributed by atoms with Crippen LogP contribution < -0.4 is 5.32 Å². The number of rotatable bonds is 2. The van der Waals surface area contributed by atoms with Crippen LogP contribution in [0, 0.1) is 17.5 Å². The van der Waals surface area contributed by atoms with Crippen LogP contribution in [0.4, 0.5) is 24.7 Å². The van der Waals surface area contributed by atoms with Crippen molar-refractivity contribution in [2.24, 2.45) is 0 Å². The van der Waals surface area contributed by atoms with Crippen molar-refractivity contribution in [3.8, 4) is 0 Å². The van der Waals surface area contributed by atoms with Crippen LogP contribution in [-0.4, -0.2) is 19.9 Å². The van der Waals surface area contributed by atoms with Gasteiger partial charge in [0.25, 0.3) is 0 Å². The van der Waals surface area contributed by atoms with Crippen LogP contribution in [0.3, 0.4) is 0 Å². The lowest BCUT2D eigenvalue weighted by Crippen LogP contribution is -2.01. The zero-order valence-corrected chi connectivity index (χ0v) is 10.3. The van der Waals surface area contributed by atoms with Crippen LogP contribution in [0.5, 0.6) is 0 Å². The molecule has 0 radical (unpaired) electrons. The number of aromatic nitrogens is 4. The summed E-state index contributed by atoms with van der Waals surface area (Å²) >= 11 is 5.69. The van der Waals surface area contributed by atoms with E-state index in [-0.39, 0.29) is 16.7 Å². The second-order valence-corrected chi connectivity index (χ2v) is 4.15. The van der Waals surface area contributed by atoms with Gasteiger partial charge in [0.2, 0.25) is 5.28 Å². The minimum absolute atomic E-state index is 0.0569. The maximum atomic E-state index is 13.6. The van der Waals surface area contributed by atoms with Crippen molar-refractivity contribution in [3.05, 3.63) is 41.2 Å². The fourth-order valence-corrected chi connectivity index (χ4v) is 1.84. The summed E-state index contributed by atoms with van der Waals surface area (Å²) in [5, 5.41) is 2.33. The summed E-state index contributed by atoms with van der Waals surface area (Å²) in [5.41, 5.74) is 0.163.